The van der Waals surface area contributed by atoms with Crippen molar-refractivity contribution in [1.29, 1.82) is 0 Å². The van der Waals surface area contributed by atoms with E-state index in [0.29, 0.717) is 12.0 Å². The number of likely N-dealkylation sites (tertiary alicyclic amines) is 1. The van der Waals surface area contributed by atoms with Gasteiger partial charge >= 0.3 is 0 Å². The Morgan fingerprint density at radius 2 is 1.79 bits per heavy atom. The molecular weight excluding hydrogens is 306 g/mol. The number of hydrogen-bond donors (Lipinski definition) is 1. The standard InChI is InChI=1S/C18H27N3O3/c1-13(2)10-16(22)19-15-11-14(12-20(3)18(15)24)17(23)21-8-6-4-5-7-9-21/h11-13H,4-10H2,1-3H3,(H,19,22). The van der Waals surface area contributed by atoms with Crippen molar-refractivity contribution in [3.05, 3.63) is 28.2 Å². The first kappa shape index (κ1) is 18.2. The van der Waals surface area contributed by atoms with Crippen LogP contribution in [0, 0.1) is 5.92 Å². The quantitative estimate of drug-likeness (QED) is 0.919. The summed E-state index contributed by atoms with van der Waals surface area (Å²) in [6.45, 7) is 5.38. The first-order valence-electron chi connectivity index (χ1n) is 8.68. The van der Waals surface area contributed by atoms with Gasteiger partial charge in [0.2, 0.25) is 5.91 Å². The van der Waals surface area contributed by atoms with E-state index in [2.05, 4.69) is 5.32 Å². The molecule has 1 aromatic heterocycles. The number of pyridine rings is 1. The molecule has 132 valence electrons. The summed E-state index contributed by atoms with van der Waals surface area (Å²) in [7, 11) is 1.60. The molecule has 2 heterocycles. The third-order valence-electron chi connectivity index (χ3n) is 4.19. The van der Waals surface area contributed by atoms with Crippen LogP contribution in [0.1, 0.15) is 56.3 Å². The minimum atomic E-state index is -0.306. The minimum Gasteiger partial charge on any atom is -0.339 e. The Labute approximate surface area is 142 Å². The maximum absolute atomic E-state index is 12.7. The Hall–Kier alpha value is -2.11. The summed E-state index contributed by atoms with van der Waals surface area (Å²) in [4.78, 5) is 38.7. The zero-order valence-electron chi connectivity index (χ0n) is 14.8. The highest BCUT2D eigenvalue weighted by Gasteiger charge is 2.20. The second-order valence-electron chi connectivity index (χ2n) is 6.91. The van der Waals surface area contributed by atoms with Crippen LogP contribution >= 0.6 is 0 Å². The van der Waals surface area contributed by atoms with Gasteiger partial charge in [-0.15, -0.1) is 0 Å². The number of anilines is 1. The molecule has 1 aliphatic heterocycles. The van der Waals surface area contributed by atoms with Crippen molar-refractivity contribution < 1.29 is 9.59 Å². The van der Waals surface area contributed by atoms with Gasteiger partial charge in [-0.25, -0.2) is 0 Å². The van der Waals surface area contributed by atoms with E-state index >= 15 is 0 Å². The van der Waals surface area contributed by atoms with Gasteiger partial charge in [-0.1, -0.05) is 26.7 Å². The van der Waals surface area contributed by atoms with Crippen LogP contribution in [0.2, 0.25) is 0 Å². The van der Waals surface area contributed by atoms with Crippen LogP contribution < -0.4 is 10.9 Å². The monoisotopic (exact) mass is 333 g/mol. The van der Waals surface area contributed by atoms with Gasteiger partial charge in [0.25, 0.3) is 11.5 Å². The number of rotatable bonds is 4. The second-order valence-corrected chi connectivity index (χ2v) is 6.91. The maximum atomic E-state index is 12.7. The highest BCUT2D eigenvalue weighted by Crippen LogP contribution is 2.15. The summed E-state index contributed by atoms with van der Waals surface area (Å²) < 4.78 is 1.36. The first-order valence-corrected chi connectivity index (χ1v) is 8.68. The predicted octanol–water partition coefficient (Wildman–Crippen LogP) is 2.39. The number of hydrogen-bond acceptors (Lipinski definition) is 3. The van der Waals surface area contributed by atoms with Crippen molar-refractivity contribution in [3.8, 4) is 0 Å². The zero-order valence-corrected chi connectivity index (χ0v) is 14.8. The minimum absolute atomic E-state index is 0.0770. The predicted molar refractivity (Wildman–Crippen MR) is 94.1 cm³/mol. The van der Waals surface area contributed by atoms with Gasteiger partial charge in [-0.2, -0.15) is 0 Å². The fraction of sp³-hybridized carbons (Fsp3) is 0.611. The van der Waals surface area contributed by atoms with Gasteiger partial charge in [0, 0.05) is 32.8 Å². The Morgan fingerprint density at radius 1 is 1.17 bits per heavy atom. The molecule has 0 unspecified atom stereocenters. The summed E-state index contributed by atoms with van der Waals surface area (Å²) in [5.41, 5.74) is 0.308. The number of carbonyl (C=O) groups excluding carboxylic acids is 2. The number of amides is 2. The largest absolute Gasteiger partial charge is 0.339 e. The van der Waals surface area contributed by atoms with E-state index in [-0.39, 0.29) is 29.0 Å². The Morgan fingerprint density at radius 3 is 2.38 bits per heavy atom. The smallest absolute Gasteiger partial charge is 0.274 e. The van der Waals surface area contributed by atoms with Crippen LogP contribution in [-0.4, -0.2) is 34.4 Å². The zero-order chi connectivity index (χ0) is 17.7. The third-order valence-corrected chi connectivity index (χ3v) is 4.19. The van der Waals surface area contributed by atoms with Crippen molar-refractivity contribution in [2.24, 2.45) is 13.0 Å². The van der Waals surface area contributed by atoms with E-state index in [1.807, 2.05) is 18.7 Å². The molecule has 2 rings (SSSR count). The van der Waals surface area contributed by atoms with E-state index in [1.165, 1.54) is 10.6 Å². The van der Waals surface area contributed by atoms with Gasteiger partial charge < -0.3 is 14.8 Å². The summed E-state index contributed by atoms with van der Waals surface area (Å²) >= 11 is 0. The average molecular weight is 333 g/mol. The van der Waals surface area contributed by atoms with Gasteiger partial charge in [0.15, 0.2) is 0 Å². The number of aromatic nitrogens is 1. The van der Waals surface area contributed by atoms with Crippen LogP contribution in [0.3, 0.4) is 0 Å². The maximum Gasteiger partial charge on any atom is 0.274 e. The van der Waals surface area contributed by atoms with Gasteiger partial charge in [0.1, 0.15) is 5.69 Å². The van der Waals surface area contributed by atoms with Crippen LogP contribution in [0.15, 0.2) is 17.1 Å². The molecule has 0 radical (unpaired) electrons. The second kappa shape index (κ2) is 8.13. The van der Waals surface area contributed by atoms with Crippen molar-refractivity contribution in [2.75, 3.05) is 18.4 Å². The molecule has 0 aromatic carbocycles. The topological polar surface area (TPSA) is 71.4 Å². The molecule has 1 aliphatic rings. The molecular formula is C18H27N3O3. The van der Waals surface area contributed by atoms with Crippen molar-refractivity contribution in [3.63, 3.8) is 0 Å². The summed E-state index contributed by atoms with van der Waals surface area (Å²) in [5, 5.41) is 2.65. The lowest BCUT2D eigenvalue weighted by molar-refractivity contribution is -0.116. The lowest BCUT2D eigenvalue weighted by Gasteiger charge is -2.21. The van der Waals surface area contributed by atoms with Crippen LogP contribution in [-0.2, 0) is 11.8 Å². The van der Waals surface area contributed by atoms with Gasteiger partial charge in [-0.3, -0.25) is 14.4 Å². The molecule has 0 atom stereocenters. The highest BCUT2D eigenvalue weighted by atomic mass is 16.2. The van der Waals surface area contributed by atoms with Crippen molar-refractivity contribution in [1.82, 2.24) is 9.47 Å². The van der Waals surface area contributed by atoms with Crippen LogP contribution in [0.5, 0.6) is 0 Å². The Kier molecular flexibility index (Phi) is 6.17. The average Bonchev–Trinajstić information content (AvgIpc) is 2.79. The fourth-order valence-corrected chi connectivity index (χ4v) is 2.95. The van der Waals surface area contributed by atoms with Crippen LogP contribution in [0.25, 0.3) is 0 Å². The SMILES string of the molecule is CC(C)CC(=O)Nc1cc(C(=O)N2CCCCCC2)cn(C)c1=O. The summed E-state index contributed by atoms with van der Waals surface area (Å²) in [5.74, 6) is -0.0795. The molecule has 6 heteroatoms. The van der Waals surface area contributed by atoms with E-state index in [1.54, 1.807) is 13.2 Å². The lowest BCUT2D eigenvalue weighted by atomic mass is 10.1. The number of aryl methyl sites for hydroxylation is 1. The van der Waals surface area contributed by atoms with Gasteiger partial charge in [-0.05, 0) is 24.8 Å². The molecule has 24 heavy (non-hydrogen) atoms. The Balaban J connectivity index is 2.23. The van der Waals surface area contributed by atoms with Crippen molar-refractivity contribution >= 4 is 17.5 Å². The van der Waals surface area contributed by atoms with E-state index in [9.17, 15) is 14.4 Å². The number of nitrogens with zero attached hydrogens (tertiary/aromatic N) is 2. The molecule has 0 spiro atoms. The number of carbonyl (C=O) groups is 2. The van der Waals surface area contributed by atoms with Gasteiger partial charge in [0.05, 0.1) is 5.56 Å². The molecule has 1 saturated heterocycles. The fourth-order valence-electron chi connectivity index (χ4n) is 2.95. The molecule has 1 N–H and O–H groups in total. The van der Waals surface area contributed by atoms with E-state index < -0.39 is 0 Å². The van der Waals surface area contributed by atoms with Crippen LogP contribution in [0.4, 0.5) is 5.69 Å². The van der Waals surface area contributed by atoms with Crippen molar-refractivity contribution in [2.45, 2.75) is 46.0 Å². The highest BCUT2D eigenvalue weighted by molar-refractivity contribution is 5.96. The number of nitrogens with one attached hydrogen (secondary N) is 1. The molecule has 1 fully saturated rings. The molecule has 1 aromatic rings. The molecule has 2 amide bonds. The normalized spacial score (nSPS) is 15.2. The van der Waals surface area contributed by atoms with E-state index in [0.717, 1.165) is 38.8 Å². The molecule has 0 bridgehead atoms. The molecule has 0 saturated carbocycles. The molecule has 6 nitrogen and oxygen atoms in total. The lowest BCUT2D eigenvalue weighted by Crippen LogP contribution is -2.33. The van der Waals surface area contributed by atoms with E-state index in [4.69, 9.17) is 0 Å². The summed E-state index contributed by atoms with van der Waals surface area (Å²) in [6, 6.07) is 1.51. The summed E-state index contributed by atoms with van der Waals surface area (Å²) in [6.07, 6.45) is 6.20. The third kappa shape index (κ3) is 4.69. The Bertz CT molecular complexity index is 656. The molecule has 0 aliphatic carbocycles. The first-order chi connectivity index (χ1) is 11.4.